The number of hydrogen-bond donors (Lipinski definition) is 2. The summed E-state index contributed by atoms with van der Waals surface area (Å²) in [7, 11) is 0. The number of piperidine rings is 1. The molecule has 1 unspecified atom stereocenters. The van der Waals surface area contributed by atoms with Gasteiger partial charge in [0.05, 0.1) is 11.6 Å². The minimum absolute atomic E-state index is 0.125. The molecule has 1 saturated heterocycles. The van der Waals surface area contributed by atoms with E-state index in [4.69, 9.17) is 0 Å². The Bertz CT molecular complexity index is 1100. The quantitative estimate of drug-likeness (QED) is 0.720. The number of amides is 1. The summed E-state index contributed by atoms with van der Waals surface area (Å²) in [5.74, 6) is -0.125. The van der Waals surface area contributed by atoms with Gasteiger partial charge in [-0.25, -0.2) is 5.10 Å². The molecule has 148 valence electrons. The summed E-state index contributed by atoms with van der Waals surface area (Å²) in [6.45, 7) is 1.95. The molecule has 2 fully saturated rings. The van der Waals surface area contributed by atoms with E-state index in [0.717, 1.165) is 25.9 Å². The van der Waals surface area contributed by atoms with Gasteiger partial charge in [-0.2, -0.15) is 5.10 Å². The van der Waals surface area contributed by atoms with Crippen molar-refractivity contribution >= 4 is 16.7 Å². The number of H-pyrrole nitrogens is 1. The smallest absolute Gasteiger partial charge is 0.272 e. The minimum atomic E-state index is -0.275. The van der Waals surface area contributed by atoms with Gasteiger partial charge in [0.1, 0.15) is 0 Å². The van der Waals surface area contributed by atoms with Crippen LogP contribution in [0.4, 0.5) is 0 Å². The summed E-state index contributed by atoms with van der Waals surface area (Å²) in [6, 6.07) is 16.0. The standard InChI is InChI=1S/C23H24N4O2/c28-21(18-7-4-8-19-20(18)14-24-26-22(19)29)25-17-9-12-27(23(13-17)10-11-23)15-16-5-2-1-3-6-16/h1-8,14,17H,9-13,15H2,(H,25,28)(H,26,29). The van der Waals surface area contributed by atoms with E-state index in [1.807, 2.05) is 0 Å². The zero-order valence-electron chi connectivity index (χ0n) is 16.2. The third-order valence-electron chi connectivity index (χ3n) is 6.38. The second kappa shape index (κ2) is 7.12. The van der Waals surface area contributed by atoms with Gasteiger partial charge >= 0.3 is 0 Å². The van der Waals surface area contributed by atoms with Crippen molar-refractivity contribution in [3.63, 3.8) is 0 Å². The number of aromatic nitrogens is 2. The highest BCUT2D eigenvalue weighted by molar-refractivity contribution is 6.06. The van der Waals surface area contributed by atoms with Crippen molar-refractivity contribution < 1.29 is 4.79 Å². The molecular weight excluding hydrogens is 364 g/mol. The number of benzene rings is 2. The number of hydrogen-bond acceptors (Lipinski definition) is 4. The molecule has 6 heteroatoms. The predicted octanol–water partition coefficient (Wildman–Crippen LogP) is 2.85. The third kappa shape index (κ3) is 3.44. The highest BCUT2D eigenvalue weighted by atomic mass is 16.1. The molecule has 6 nitrogen and oxygen atoms in total. The van der Waals surface area contributed by atoms with Crippen molar-refractivity contribution in [2.75, 3.05) is 6.54 Å². The van der Waals surface area contributed by atoms with Gasteiger partial charge in [0.15, 0.2) is 0 Å². The predicted molar refractivity (Wildman–Crippen MR) is 112 cm³/mol. The van der Waals surface area contributed by atoms with Crippen molar-refractivity contribution in [2.45, 2.75) is 43.8 Å². The normalized spacial score (nSPS) is 20.6. The number of likely N-dealkylation sites (tertiary alicyclic amines) is 1. The number of carbonyl (C=O) groups is 1. The molecule has 0 radical (unpaired) electrons. The minimum Gasteiger partial charge on any atom is -0.349 e. The van der Waals surface area contributed by atoms with Gasteiger partial charge in [-0.05, 0) is 43.4 Å². The number of rotatable bonds is 4. The number of aromatic amines is 1. The lowest BCUT2D eigenvalue weighted by atomic mass is 9.93. The largest absolute Gasteiger partial charge is 0.349 e. The van der Waals surface area contributed by atoms with E-state index in [2.05, 4.69) is 50.7 Å². The van der Waals surface area contributed by atoms with Crippen LogP contribution in [0, 0.1) is 0 Å². The summed E-state index contributed by atoms with van der Waals surface area (Å²) in [4.78, 5) is 27.5. The van der Waals surface area contributed by atoms with Gasteiger partial charge in [-0.15, -0.1) is 0 Å². The van der Waals surface area contributed by atoms with Crippen LogP contribution in [-0.2, 0) is 6.54 Å². The Labute approximate surface area is 168 Å². The molecule has 1 spiro atoms. The Morgan fingerprint density at radius 1 is 1.14 bits per heavy atom. The SMILES string of the molecule is O=C(NC1CCN(Cc2ccccc2)C2(CC2)C1)c1cccc2c(=O)[nH]ncc12. The van der Waals surface area contributed by atoms with Crippen LogP contribution in [-0.4, -0.2) is 39.1 Å². The van der Waals surface area contributed by atoms with Gasteiger partial charge in [0, 0.05) is 35.6 Å². The second-order valence-electron chi connectivity index (χ2n) is 8.26. The average Bonchev–Trinajstić information content (AvgIpc) is 3.50. The molecule has 2 aliphatic rings. The first-order valence-electron chi connectivity index (χ1n) is 10.2. The van der Waals surface area contributed by atoms with Crippen LogP contribution in [0.15, 0.2) is 59.5 Å². The molecule has 1 saturated carbocycles. The molecule has 0 bridgehead atoms. The first-order chi connectivity index (χ1) is 14.1. The number of fused-ring (bicyclic) bond motifs is 1. The van der Waals surface area contributed by atoms with E-state index < -0.39 is 0 Å². The van der Waals surface area contributed by atoms with Crippen LogP contribution in [0.2, 0.25) is 0 Å². The Kier molecular flexibility index (Phi) is 4.43. The van der Waals surface area contributed by atoms with E-state index in [9.17, 15) is 9.59 Å². The summed E-state index contributed by atoms with van der Waals surface area (Å²) in [5.41, 5.74) is 1.81. The lowest BCUT2D eigenvalue weighted by Gasteiger charge is -2.40. The van der Waals surface area contributed by atoms with Crippen LogP contribution in [0.3, 0.4) is 0 Å². The molecule has 5 rings (SSSR count). The first-order valence-corrected chi connectivity index (χ1v) is 10.2. The van der Waals surface area contributed by atoms with Crippen molar-refractivity contribution in [3.05, 3.63) is 76.2 Å². The van der Waals surface area contributed by atoms with Crippen LogP contribution in [0.1, 0.15) is 41.6 Å². The highest BCUT2D eigenvalue weighted by Crippen LogP contribution is 2.49. The Hall–Kier alpha value is -2.99. The van der Waals surface area contributed by atoms with Crippen LogP contribution < -0.4 is 10.9 Å². The van der Waals surface area contributed by atoms with Crippen molar-refractivity contribution in [1.82, 2.24) is 20.4 Å². The molecule has 29 heavy (non-hydrogen) atoms. The lowest BCUT2D eigenvalue weighted by Crippen LogP contribution is -2.51. The fourth-order valence-electron chi connectivity index (χ4n) is 4.66. The first kappa shape index (κ1) is 18.1. The van der Waals surface area contributed by atoms with Crippen LogP contribution in [0.5, 0.6) is 0 Å². The Morgan fingerprint density at radius 2 is 1.97 bits per heavy atom. The van der Waals surface area contributed by atoms with E-state index in [1.165, 1.54) is 18.4 Å². The number of nitrogens with zero attached hydrogens (tertiary/aromatic N) is 2. The fourth-order valence-corrected chi connectivity index (χ4v) is 4.66. The van der Waals surface area contributed by atoms with Gasteiger partial charge < -0.3 is 5.32 Å². The van der Waals surface area contributed by atoms with Crippen molar-refractivity contribution in [1.29, 1.82) is 0 Å². The van der Waals surface area contributed by atoms with Crippen LogP contribution >= 0.6 is 0 Å². The van der Waals surface area contributed by atoms with Gasteiger partial charge in [-0.1, -0.05) is 36.4 Å². The summed E-state index contributed by atoms with van der Waals surface area (Å²) in [6.07, 6.45) is 5.86. The van der Waals surface area contributed by atoms with Gasteiger partial charge in [0.25, 0.3) is 11.5 Å². The molecule has 2 heterocycles. The van der Waals surface area contributed by atoms with Crippen molar-refractivity contribution in [2.24, 2.45) is 0 Å². The maximum atomic E-state index is 13.0. The highest BCUT2D eigenvalue weighted by Gasteiger charge is 2.51. The summed E-state index contributed by atoms with van der Waals surface area (Å²) >= 11 is 0. The second-order valence-corrected chi connectivity index (χ2v) is 8.26. The number of nitrogens with one attached hydrogen (secondary N) is 2. The van der Waals surface area contributed by atoms with Gasteiger partial charge in [-0.3, -0.25) is 14.5 Å². The summed E-state index contributed by atoms with van der Waals surface area (Å²) < 4.78 is 0. The van der Waals surface area contributed by atoms with E-state index in [1.54, 1.807) is 24.4 Å². The topological polar surface area (TPSA) is 78.1 Å². The van der Waals surface area contributed by atoms with Crippen LogP contribution in [0.25, 0.3) is 10.8 Å². The molecule has 1 atom stereocenters. The van der Waals surface area contributed by atoms with E-state index >= 15 is 0 Å². The molecule has 1 amide bonds. The zero-order valence-corrected chi connectivity index (χ0v) is 16.2. The Balaban J connectivity index is 1.30. The van der Waals surface area contributed by atoms with Crippen molar-refractivity contribution in [3.8, 4) is 0 Å². The summed E-state index contributed by atoms with van der Waals surface area (Å²) in [5, 5.41) is 10.6. The molecule has 1 aromatic heterocycles. The Morgan fingerprint density at radius 3 is 2.76 bits per heavy atom. The molecule has 1 aliphatic carbocycles. The van der Waals surface area contributed by atoms with E-state index in [0.29, 0.717) is 16.3 Å². The molecular formula is C23H24N4O2. The number of carbonyl (C=O) groups excluding carboxylic acids is 1. The van der Waals surface area contributed by atoms with E-state index in [-0.39, 0.29) is 23.0 Å². The lowest BCUT2D eigenvalue weighted by molar-refractivity contribution is 0.0798. The monoisotopic (exact) mass is 388 g/mol. The molecule has 3 aromatic rings. The zero-order chi connectivity index (χ0) is 19.8. The average molecular weight is 388 g/mol. The van der Waals surface area contributed by atoms with Gasteiger partial charge in [0.2, 0.25) is 0 Å². The maximum Gasteiger partial charge on any atom is 0.272 e. The fraction of sp³-hybridized carbons (Fsp3) is 0.348. The maximum absolute atomic E-state index is 13.0. The molecule has 1 aliphatic heterocycles. The molecule has 2 aromatic carbocycles. The third-order valence-corrected chi connectivity index (χ3v) is 6.38. The molecule has 2 N–H and O–H groups in total.